The number of anilines is 1. The molecule has 0 saturated heterocycles. The molecule has 0 fully saturated rings. The molecule has 2 aromatic heterocycles. The molecule has 1 aromatic carbocycles. The van der Waals surface area contributed by atoms with Gasteiger partial charge in [-0.25, -0.2) is 13.2 Å². The van der Waals surface area contributed by atoms with E-state index in [4.69, 9.17) is 9.52 Å². The number of benzene rings is 1. The van der Waals surface area contributed by atoms with E-state index in [1.165, 1.54) is 31.2 Å². The minimum absolute atomic E-state index is 0.0659. The molecule has 3 rings (SSSR count). The summed E-state index contributed by atoms with van der Waals surface area (Å²) in [4.78, 5) is 27.2. The van der Waals surface area contributed by atoms with Crippen molar-refractivity contribution < 1.29 is 27.5 Å². The molecule has 12 heteroatoms. The van der Waals surface area contributed by atoms with E-state index in [1.807, 2.05) is 0 Å². The Morgan fingerprint density at radius 3 is 2.77 bits per heavy atom. The Morgan fingerprint density at radius 1 is 1.32 bits per heavy atom. The van der Waals surface area contributed by atoms with Crippen LogP contribution < -0.4 is 5.32 Å². The SMILES string of the molecule is CCS(=O)(=O)c1nsc(NC(=O)C(C#N)=Cc2ccc(-c3cccc(C(=O)O)c3)o2)n1. The zero-order valence-electron chi connectivity index (χ0n) is 15.9. The number of aromatic nitrogens is 2. The fraction of sp³-hybridized carbons (Fsp3) is 0.105. The van der Waals surface area contributed by atoms with Crippen LogP contribution in [-0.2, 0) is 14.6 Å². The first-order chi connectivity index (χ1) is 14.7. The summed E-state index contributed by atoms with van der Waals surface area (Å²) in [5, 5.41) is 20.3. The summed E-state index contributed by atoms with van der Waals surface area (Å²) in [6.45, 7) is 1.45. The van der Waals surface area contributed by atoms with Crippen LogP contribution in [0.2, 0.25) is 0 Å². The van der Waals surface area contributed by atoms with Crippen LogP contribution in [0.25, 0.3) is 17.4 Å². The topological polar surface area (TPSA) is 163 Å². The monoisotopic (exact) mass is 458 g/mol. The van der Waals surface area contributed by atoms with Crippen molar-refractivity contribution in [1.82, 2.24) is 9.36 Å². The highest BCUT2D eigenvalue weighted by Crippen LogP contribution is 2.25. The van der Waals surface area contributed by atoms with E-state index >= 15 is 0 Å². The summed E-state index contributed by atoms with van der Waals surface area (Å²) >= 11 is 0.679. The maximum Gasteiger partial charge on any atom is 0.335 e. The number of carbonyl (C=O) groups is 2. The number of nitriles is 1. The predicted octanol–water partition coefficient (Wildman–Crippen LogP) is 2.84. The minimum atomic E-state index is -3.61. The van der Waals surface area contributed by atoms with Crippen LogP contribution in [0.1, 0.15) is 23.0 Å². The molecule has 31 heavy (non-hydrogen) atoms. The van der Waals surface area contributed by atoms with E-state index in [0.29, 0.717) is 22.9 Å². The molecule has 10 nitrogen and oxygen atoms in total. The Hall–Kier alpha value is -3.82. The van der Waals surface area contributed by atoms with Crippen LogP contribution in [0.4, 0.5) is 5.13 Å². The fourth-order valence-electron chi connectivity index (χ4n) is 2.36. The predicted molar refractivity (Wildman–Crippen MR) is 111 cm³/mol. The Labute approximate surface area is 180 Å². The lowest BCUT2D eigenvalue weighted by Crippen LogP contribution is -2.13. The largest absolute Gasteiger partial charge is 0.478 e. The third-order valence-corrected chi connectivity index (χ3v) is 6.20. The molecule has 2 heterocycles. The second-order valence-corrected chi connectivity index (χ2v) is 8.92. The first-order valence-electron chi connectivity index (χ1n) is 8.66. The lowest BCUT2D eigenvalue weighted by molar-refractivity contribution is -0.112. The first kappa shape index (κ1) is 21.9. The Kier molecular flexibility index (Phi) is 6.28. The van der Waals surface area contributed by atoms with Gasteiger partial charge in [0.1, 0.15) is 23.2 Å². The summed E-state index contributed by atoms with van der Waals surface area (Å²) in [7, 11) is -3.61. The van der Waals surface area contributed by atoms with Crippen molar-refractivity contribution >= 4 is 44.5 Å². The maximum absolute atomic E-state index is 12.4. The summed E-state index contributed by atoms with van der Waals surface area (Å²) < 4.78 is 32.8. The third-order valence-electron chi connectivity index (χ3n) is 3.96. The van der Waals surface area contributed by atoms with Crippen LogP contribution in [0.3, 0.4) is 0 Å². The molecular weight excluding hydrogens is 444 g/mol. The van der Waals surface area contributed by atoms with E-state index in [0.717, 1.165) is 0 Å². The van der Waals surface area contributed by atoms with Crippen LogP contribution in [0, 0.1) is 11.3 Å². The number of furan rings is 1. The Morgan fingerprint density at radius 2 is 2.10 bits per heavy atom. The van der Waals surface area contributed by atoms with Crippen molar-refractivity contribution in [2.24, 2.45) is 0 Å². The van der Waals surface area contributed by atoms with Crippen LogP contribution >= 0.6 is 11.5 Å². The number of amides is 1. The number of aromatic carboxylic acids is 1. The van der Waals surface area contributed by atoms with Gasteiger partial charge in [-0.1, -0.05) is 19.1 Å². The van der Waals surface area contributed by atoms with Crippen LogP contribution in [-0.4, -0.2) is 40.5 Å². The number of carbonyl (C=O) groups excluding carboxylic acids is 1. The van der Waals surface area contributed by atoms with Crippen LogP contribution in [0.15, 0.2) is 51.5 Å². The van der Waals surface area contributed by atoms with Gasteiger partial charge >= 0.3 is 5.97 Å². The normalized spacial score (nSPS) is 11.7. The van der Waals surface area contributed by atoms with Crippen molar-refractivity contribution in [2.45, 2.75) is 12.1 Å². The van der Waals surface area contributed by atoms with Crippen molar-refractivity contribution in [3.8, 4) is 17.4 Å². The van der Waals surface area contributed by atoms with Gasteiger partial charge < -0.3 is 9.52 Å². The van der Waals surface area contributed by atoms with Gasteiger partial charge in [0.05, 0.1) is 11.3 Å². The number of hydrogen-bond acceptors (Lipinski definition) is 9. The molecule has 0 unspecified atom stereocenters. The van der Waals surface area contributed by atoms with Crippen molar-refractivity contribution in [1.29, 1.82) is 5.26 Å². The van der Waals surface area contributed by atoms with Crippen LogP contribution in [0.5, 0.6) is 0 Å². The van der Waals surface area contributed by atoms with E-state index in [2.05, 4.69) is 14.7 Å². The van der Waals surface area contributed by atoms with Gasteiger partial charge in [-0.2, -0.15) is 14.6 Å². The molecule has 2 N–H and O–H groups in total. The zero-order chi connectivity index (χ0) is 22.6. The van der Waals surface area contributed by atoms with Crippen molar-refractivity contribution in [3.63, 3.8) is 0 Å². The molecule has 0 aliphatic rings. The first-order valence-corrected chi connectivity index (χ1v) is 11.1. The molecule has 0 atom stereocenters. The summed E-state index contributed by atoms with van der Waals surface area (Å²) in [6, 6.07) is 10.9. The highest BCUT2D eigenvalue weighted by molar-refractivity contribution is 7.91. The highest BCUT2D eigenvalue weighted by Gasteiger charge is 2.20. The van der Waals surface area contributed by atoms with E-state index in [-0.39, 0.29) is 27.8 Å². The van der Waals surface area contributed by atoms with Gasteiger partial charge in [-0.05, 0) is 24.3 Å². The van der Waals surface area contributed by atoms with Gasteiger partial charge in [-0.3, -0.25) is 10.1 Å². The lowest BCUT2D eigenvalue weighted by Gasteiger charge is -2.00. The van der Waals surface area contributed by atoms with Gasteiger partial charge in [0.2, 0.25) is 15.0 Å². The quantitative estimate of drug-likeness (QED) is 0.400. The Balaban J connectivity index is 1.80. The number of hydrogen-bond donors (Lipinski definition) is 2. The molecular formula is C19H14N4O6S2. The third kappa shape index (κ3) is 5.03. The Bertz CT molecular complexity index is 1330. The zero-order valence-corrected chi connectivity index (χ0v) is 17.5. The van der Waals surface area contributed by atoms with E-state index in [9.17, 15) is 23.3 Å². The smallest absolute Gasteiger partial charge is 0.335 e. The fourth-order valence-corrected chi connectivity index (χ4v) is 3.95. The molecule has 0 saturated carbocycles. The second-order valence-electron chi connectivity index (χ2n) is 6.00. The minimum Gasteiger partial charge on any atom is -0.478 e. The van der Waals surface area contributed by atoms with Gasteiger partial charge in [0, 0.05) is 23.2 Å². The highest BCUT2D eigenvalue weighted by atomic mass is 32.2. The molecule has 0 radical (unpaired) electrons. The number of nitrogens with one attached hydrogen (secondary N) is 1. The number of nitrogens with zero attached hydrogens (tertiary/aromatic N) is 3. The molecule has 0 aliphatic heterocycles. The molecule has 158 valence electrons. The standard InChI is InChI=1S/C19H14N4O6S2/c1-2-31(27,28)19-22-18(30-23-19)21-16(24)13(10-20)9-14-6-7-15(29-14)11-4-3-5-12(8-11)17(25)26/h3-9H,2H2,1H3,(H,25,26)(H,21,22,23,24). The number of carboxylic acids is 1. The number of carboxylic acid groups (broad SMARTS) is 1. The summed E-state index contributed by atoms with van der Waals surface area (Å²) in [5.74, 6) is -1.54. The average Bonchev–Trinajstić information content (AvgIpc) is 3.42. The van der Waals surface area contributed by atoms with E-state index in [1.54, 1.807) is 24.3 Å². The van der Waals surface area contributed by atoms with Crippen molar-refractivity contribution in [3.05, 3.63) is 53.3 Å². The average molecular weight is 458 g/mol. The molecule has 0 spiro atoms. The molecule has 3 aromatic rings. The van der Waals surface area contributed by atoms with Gasteiger partial charge in [-0.15, -0.1) is 0 Å². The summed E-state index contributed by atoms with van der Waals surface area (Å²) in [6.07, 6.45) is 1.20. The van der Waals surface area contributed by atoms with E-state index < -0.39 is 26.9 Å². The lowest BCUT2D eigenvalue weighted by atomic mass is 10.1. The van der Waals surface area contributed by atoms with Crippen molar-refractivity contribution in [2.75, 3.05) is 11.1 Å². The second kappa shape index (κ2) is 8.90. The molecule has 0 bridgehead atoms. The molecule has 0 aliphatic carbocycles. The van der Waals surface area contributed by atoms with Gasteiger partial charge in [0.15, 0.2) is 0 Å². The number of rotatable bonds is 7. The number of sulfone groups is 1. The maximum atomic E-state index is 12.4. The molecule has 1 amide bonds. The summed E-state index contributed by atoms with van der Waals surface area (Å²) in [5.41, 5.74) is 0.293. The van der Waals surface area contributed by atoms with Gasteiger partial charge in [0.25, 0.3) is 11.1 Å².